The summed E-state index contributed by atoms with van der Waals surface area (Å²) in [7, 11) is 1.82. The Morgan fingerprint density at radius 1 is 1.16 bits per heavy atom. The Hall–Kier alpha value is -2.25. The predicted molar refractivity (Wildman–Crippen MR) is 98.7 cm³/mol. The SMILES string of the molecule is CSc1ccccc1NC(=O)C[NH+](C)CC(=O)N[C@@H](C)c1ccco1. The van der Waals surface area contributed by atoms with Crippen molar-refractivity contribution in [3.05, 3.63) is 48.4 Å². The van der Waals surface area contributed by atoms with E-state index in [1.165, 1.54) is 0 Å². The quantitative estimate of drug-likeness (QED) is 0.620. The monoisotopic (exact) mass is 362 g/mol. The lowest BCUT2D eigenvalue weighted by atomic mass is 10.2. The smallest absolute Gasteiger partial charge is 0.279 e. The van der Waals surface area contributed by atoms with Gasteiger partial charge in [0.2, 0.25) is 0 Å². The molecule has 0 aliphatic heterocycles. The molecule has 0 bridgehead atoms. The Balaban J connectivity index is 1.79. The van der Waals surface area contributed by atoms with Gasteiger partial charge in [-0.2, -0.15) is 0 Å². The molecule has 0 saturated carbocycles. The maximum Gasteiger partial charge on any atom is 0.279 e. The highest BCUT2D eigenvalue weighted by atomic mass is 32.2. The first-order valence-electron chi connectivity index (χ1n) is 8.06. The Morgan fingerprint density at radius 2 is 1.88 bits per heavy atom. The number of nitrogens with one attached hydrogen (secondary N) is 3. The van der Waals surface area contributed by atoms with Gasteiger partial charge in [-0.3, -0.25) is 9.59 Å². The average molecular weight is 362 g/mol. The van der Waals surface area contributed by atoms with Gasteiger partial charge in [-0.05, 0) is 37.4 Å². The Morgan fingerprint density at radius 3 is 2.56 bits per heavy atom. The molecule has 7 heteroatoms. The van der Waals surface area contributed by atoms with E-state index in [0.717, 1.165) is 15.5 Å². The maximum absolute atomic E-state index is 12.2. The van der Waals surface area contributed by atoms with Gasteiger partial charge in [0, 0.05) is 4.90 Å². The molecule has 1 aromatic carbocycles. The Bertz CT molecular complexity index is 703. The van der Waals surface area contributed by atoms with Gasteiger partial charge in [-0.15, -0.1) is 11.8 Å². The molecule has 0 aliphatic rings. The van der Waals surface area contributed by atoms with E-state index in [9.17, 15) is 9.59 Å². The lowest BCUT2D eigenvalue weighted by molar-refractivity contribution is -0.862. The van der Waals surface area contributed by atoms with Crippen molar-refractivity contribution in [3.63, 3.8) is 0 Å². The minimum absolute atomic E-state index is 0.120. The van der Waals surface area contributed by atoms with Crippen LogP contribution >= 0.6 is 11.8 Å². The van der Waals surface area contributed by atoms with E-state index >= 15 is 0 Å². The molecule has 3 N–H and O–H groups in total. The van der Waals surface area contributed by atoms with Crippen LogP contribution in [0.3, 0.4) is 0 Å². The fourth-order valence-corrected chi connectivity index (χ4v) is 3.01. The molecule has 0 aliphatic carbocycles. The number of carbonyl (C=O) groups is 2. The van der Waals surface area contributed by atoms with Crippen molar-refractivity contribution in [2.24, 2.45) is 0 Å². The van der Waals surface area contributed by atoms with Crippen LogP contribution in [0.5, 0.6) is 0 Å². The number of para-hydroxylation sites is 1. The summed E-state index contributed by atoms with van der Waals surface area (Å²) < 4.78 is 5.27. The number of carbonyl (C=O) groups excluding carboxylic acids is 2. The largest absolute Gasteiger partial charge is 0.467 e. The average Bonchev–Trinajstić information content (AvgIpc) is 3.09. The van der Waals surface area contributed by atoms with Gasteiger partial charge < -0.3 is 20.0 Å². The van der Waals surface area contributed by atoms with Crippen LogP contribution in [-0.2, 0) is 9.59 Å². The van der Waals surface area contributed by atoms with Crippen LogP contribution in [0.2, 0.25) is 0 Å². The number of thioether (sulfide) groups is 1. The van der Waals surface area contributed by atoms with Crippen LogP contribution in [-0.4, -0.2) is 38.2 Å². The summed E-state index contributed by atoms with van der Waals surface area (Å²) >= 11 is 1.58. The summed E-state index contributed by atoms with van der Waals surface area (Å²) in [5.74, 6) is 0.460. The first-order valence-corrected chi connectivity index (χ1v) is 9.29. The summed E-state index contributed by atoms with van der Waals surface area (Å²) in [6, 6.07) is 11.1. The zero-order chi connectivity index (χ0) is 18.2. The normalized spacial score (nSPS) is 13.1. The molecule has 0 saturated heterocycles. The van der Waals surface area contributed by atoms with Gasteiger partial charge in [-0.1, -0.05) is 12.1 Å². The van der Waals surface area contributed by atoms with Gasteiger partial charge in [0.25, 0.3) is 11.8 Å². The van der Waals surface area contributed by atoms with E-state index in [0.29, 0.717) is 5.76 Å². The molecule has 2 amide bonds. The lowest BCUT2D eigenvalue weighted by Crippen LogP contribution is -3.11. The molecular formula is C18H24N3O3S+. The number of likely N-dealkylation sites (N-methyl/N-ethyl adjacent to an activating group) is 1. The van der Waals surface area contributed by atoms with Crippen LogP contribution in [0.1, 0.15) is 18.7 Å². The summed E-state index contributed by atoms with van der Waals surface area (Å²) in [5, 5.41) is 5.77. The summed E-state index contributed by atoms with van der Waals surface area (Å²) in [5.41, 5.74) is 0.795. The molecule has 2 rings (SSSR count). The van der Waals surface area contributed by atoms with Crippen LogP contribution in [0.4, 0.5) is 5.69 Å². The molecular weight excluding hydrogens is 338 g/mol. The Kier molecular flexibility index (Phi) is 7.09. The molecule has 1 heterocycles. The highest BCUT2D eigenvalue weighted by Gasteiger charge is 2.18. The van der Waals surface area contributed by atoms with Gasteiger partial charge in [0.05, 0.1) is 25.0 Å². The Labute approximate surface area is 152 Å². The van der Waals surface area contributed by atoms with Crippen molar-refractivity contribution in [2.45, 2.75) is 17.9 Å². The van der Waals surface area contributed by atoms with Gasteiger partial charge in [0.15, 0.2) is 13.1 Å². The number of quaternary nitrogens is 1. The van der Waals surface area contributed by atoms with Crippen molar-refractivity contribution in [3.8, 4) is 0 Å². The van der Waals surface area contributed by atoms with Crippen LogP contribution in [0.25, 0.3) is 0 Å². The van der Waals surface area contributed by atoms with Crippen molar-refractivity contribution in [2.75, 3.05) is 31.7 Å². The van der Waals surface area contributed by atoms with Crippen LogP contribution in [0, 0.1) is 0 Å². The molecule has 6 nitrogen and oxygen atoms in total. The molecule has 0 fully saturated rings. The van der Waals surface area contributed by atoms with Crippen molar-refractivity contribution in [1.82, 2.24) is 5.32 Å². The molecule has 1 aromatic heterocycles. The van der Waals surface area contributed by atoms with Crippen LogP contribution in [0.15, 0.2) is 52.0 Å². The number of furan rings is 1. The summed E-state index contributed by atoms with van der Waals surface area (Å²) in [4.78, 5) is 26.1. The van der Waals surface area contributed by atoms with E-state index in [4.69, 9.17) is 4.42 Å². The molecule has 2 atom stereocenters. The number of anilines is 1. The third-order valence-corrected chi connectivity index (χ3v) is 4.45. The molecule has 134 valence electrons. The standard InChI is InChI=1S/C18H23N3O3S/c1-13(15-8-6-10-24-15)19-17(22)11-21(2)12-18(23)20-14-7-4-5-9-16(14)25-3/h4-10,13H,11-12H2,1-3H3,(H,19,22)(H,20,23)/p+1/t13-/m0/s1. The van der Waals surface area contributed by atoms with Crippen molar-refractivity contribution >= 4 is 29.3 Å². The summed E-state index contributed by atoms with van der Waals surface area (Å²) in [6.45, 7) is 2.28. The van der Waals surface area contributed by atoms with E-state index < -0.39 is 0 Å². The third kappa shape index (κ3) is 5.95. The second kappa shape index (κ2) is 9.29. The number of rotatable bonds is 8. The van der Waals surface area contributed by atoms with E-state index in [2.05, 4.69) is 10.6 Å². The number of hydrogen-bond acceptors (Lipinski definition) is 4. The van der Waals surface area contributed by atoms with E-state index in [1.807, 2.05) is 50.6 Å². The molecule has 0 radical (unpaired) electrons. The molecule has 2 aromatic rings. The first kappa shape index (κ1) is 19.1. The zero-order valence-electron chi connectivity index (χ0n) is 14.7. The fraction of sp³-hybridized carbons (Fsp3) is 0.333. The fourth-order valence-electron chi connectivity index (χ4n) is 2.45. The molecule has 1 unspecified atom stereocenters. The topological polar surface area (TPSA) is 75.8 Å². The second-order valence-corrected chi connectivity index (χ2v) is 6.71. The lowest BCUT2D eigenvalue weighted by Gasteiger charge is -2.16. The van der Waals surface area contributed by atoms with Crippen molar-refractivity contribution in [1.29, 1.82) is 0 Å². The number of amides is 2. The second-order valence-electron chi connectivity index (χ2n) is 5.86. The van der Waals surface area contributed by atoms with Crippen molar-refractivity contribution < 1.29 is 18.9 Å². The molecule has 0 spiro atoms. The first-order chi connectivity index (χ1) is 12.0. The highest BCUT2D eigenvalue weighted by Crippen LogP contribution is 2.24. The minimum atomic E-state index is -0.197. The zero-order valence-corrected chi connectivity index (χ0v) is 15.5. The van der Waals surface area contributed by atoms with Gasteiger partial charge >= 0.3 is 0 Å². The highest BCUT2D eigenvalue weighted by molar-refractivity contribution is 7.98. The number of benzene rings is 1. The molecule has 25 heavy (non-hydrogen) atoms. The van der Waals surface area contributed by atoms with Gasteiger partial charge in [0.1, 0.15) is 5.76 Å². The third-order valence-electron chi connectivity index (χ3n) is 3.65. The minimum Gasteiger partial charge on any atom is -0.467 e. The van der Waals surface area contributed by atoms with Gasteiger partial charge in [-0.25, -0.2) is 0 Å². The van der Waals surface area contributed by atoms with Crippen LogP contribution < -0.4 is 15.5 Å². The maximum atomic E-state index is 12.2. The van der Waals surface area contributed by atoms with E-state index in [-0.39, 0.29) is 30.9 Å². The predicted octanol–water partition coefficient (Wildman–Crippen LogP) is 1.33. The summed E-state index contributed by atoms with van der Waals surface area (Å²) in [6.07, 6.45) is 3.54. The van der Waals surface area contributed by atoms with E-state index in [1.54, 1.807) is 24.1 Å². The number of hydrogen-bond donors (Lipinski definition) is 3.